The van der Waals surface area contributed by atoms with E-state index in [1.165, 1.54) is 19.2 Å². The van der Waals surface area contributed by atoms with Crippen molar-refractivity contribution < 1.29 is 19.4 Å². The van der Waals surface area contributed by atoms with Crippen LogP contribution >= 0.6 is 0 Å². The average Bonchev–Trinajstić information content (AvgIpc) is 2.62. The molecule has 1 heterocycles. The molecule has 0 aliphatic heterocycles. The highest BCUT2D eigenvalue weighted by molar-refractivity contribution is 6.09. The molecule has 2 aromatic carbocycles. The third-order valence-electron chi connectivity index (χ3n) is 3.52. The summed E-state index contributed by atoms with van der Waals surface area (Å²) in [4.78, 5) is 27.9. The molecule has 0 saturated heterocycles. The Morgan fingerprint density at radius 3 is 2.42 bits per heavy atom. The Labute approximate surface area is 137 Å². The lowest BCUT2D eigenvalue weighted by atomic mass is 10.1. The van der Waals surface area contributed by atoms with Crippen LogP contribution in [0.15, 0.2) is 54.6 Å². The lowest BCUT2D eigenvalue weighted by Crippen LogP contribution is -2.16. The van der Waals surface area contributed by atoms with Gasteiger partial charge in [0.05, 0.1) is 7.11 Å². The second-order valence-electron chi connectivity index (χ2n) is 5.03. The number of nitrogens with one attached hydrogen (secondary N) is 1. The Hall–Kier alpha value is -3.41. The molecule has 3 rings (SSSR count). The third kappa shape index (κ3) is 2.89. The molecule has 0 fully saturated rings. The van der Waals surface area contributed by atoms with E-state index in [1.54, 1.807) is 42.5 Å². The predicted octanol–water partition coefficient (Wildman–Crippen LogP) is 2.98. The van der Waals surface area contributed by atoms with Crippen molar-refractivity contribution in [3.05, 3.63) is 66.0 Å². The Balaban J connectivity index is 1.93. The van der Waals surface area contributed by atoms with E-state index >= 15 is 0 Å². The topological polar surface area (TPSA) is 88.5 Å². The van der Waals surface area contributed by atoms with Gasteiger partial charge in [-0.3, -0.25) is 4.79 Å². The van der Waals surface area contributed by atoms with Gasteiger partial charge in [-0.25, -0.2) is 9.78 Å². The molecule has 0 spiro atoms. The number of aromatic nitrogens is 1. The number of hydrogen-bond acceptors (Lipinski definition) is 5. The fourth-order valence-corrected chi connectivity index (χ4v) is 2.37. The monoisotopic (exact) mass is 322 g/mol. The second kappa shape index (κ2) is 6.37. The summed E-state index contributed by atoms with van der Waals surface area (Å²) in [6, 6.07) is 14.8. The molecule has 0 atom stereocenters. The highest BCUT2D eigenvalue weighted by Crippen LogP contribution is 2.29. The number of benzene rings is 2. The predicted molar refractivity (Wildman–Crippen MR) is 89.1 cm³/mol. The van der Waals surface area contributed by atoms with Crippen LogP contribution in [0.1, 0.15) is 21.0 Å². The second-order valence-corrected chi connectivity index (χ2v) is 5.03. The lowest BCUT2D eigenvalue weighted by molar-refractivity contribution is 0.0594. The van der Waals surface area contributed by atoms with Crippen molar-refractivity contribution in [2.75, 3.05) is 12.4 Å². The first-order valence-corrected chi connectivity index (χ1v) is 7.17. The van der Waals surface area contributed by atoms with Gasteiger partial charge in [-0.2, -0.15) is 0 Å². The molecular formula is C18H14N2O4. The first-order chi connectivity index (χ1) is 11.6. The Kier molecular flexibility index (Phi) is 4.11. The largest absolute Gasteiger partial charge is 0.507 e. The molecule has 0 saturated carbocycles. The van der Waals surface area contributed by atoms with E-state index in [0.717, 1.165) is 0 Å². The van der Waals surface area contributed by atoms with E-state index in [4.69, 9.17) is 0 Å². The molecule has 0 unspecified atom stereocenters. The van der Waals surface area contributed by atoms with Gasteiger partial charge >= 0.3 is 5.97 Å². The summed E-state index contributed by atoms with van der Waals surface area (Å²) in [7, 11) is 1.25. The molecule has 3 aromatic rings. The minimum atomic E-state index is -0.611. The minimum absolute atomic E-state index is 0.0562. The van der Waals surface area contributed by atoms with Gasteiger partial charge in [-0.15, -0.1) is 0 Å². The van der Waals surface area contributed by atoms with Gasteiger partial charge in [-0.05, 0) is 24.3 Å². The molecule has 6 nitrogen and oxygen atoms in total. The molecule has 120 valence electrons. The fraction of sp³-hybridized carbons (Fsp3) is 0.0556. The molecule has 0 aliphatic rings. The molecule has 0 aliphatic carbocycles. The normalized spacial score (nSPS) is 10.4. The minimum Gasteiger partial charge on any atom is -0.507 e. The van der Waals surface area contributed by atoms with E-state index in [9.17, 15) is 14.7 Å². The Bertz CT molecular complexity index is 937. The number of pyridine rings is 1. The number of fused-ring (bicyclic) bond motifs is 1. The van der Waals surface area contributed by atoms with Crippen LogP contribution in [0.25, 0.3) is 10.8 Å². The fourth-order valence-electron chi connectivity index (χ4n) is 2.37. The Morgan fingerprint density at radius 2 is 1.62 bits per heavy atom. The first kappa shape index (κ1) is 15.5. The molecule has 0 bridgehead atoms. The van der Waals surface area contributed by atoms with Crippen molar-refractivity contribution in [1.29, 1.82) is 0 Å². The molecule has 6 heteroatoms. The summed E-state index contributed by atoms with van der Waals surface area (Å²) in [5.41, 5.74) is 0.689. The zero-order valence-electron chi connectivity index (χ0n) is 12.8. The molecule has 24 heavy (non-hydrogen) atoms. The van der Waals surface area contributed by atoms with Gasteiger partial charge in [0, 0.05) is 16.5 Å². The van der Waals surface area contributed by atoms with Gasteiger partial charge in [0.25, 0.3) is 5.91 Å². The van der Waals surface area contributed by atoms with Crippen LogP contribution in [0.4, 0.5) is 5.69 Å². The van der Waals surface area contributed by atoms with Gasteiger partial charge < -0.3 is 15.2 Å². The molecule has 1 aromatic heterocycles. The zero-order chi connectivity index (χ0) is 17.1. The number of phenolic OH excluding ortho intramolecular Hbond substituents is 1. The van der Waals surface area contributed by atoms with Crippen molar-refractivity contribution in [3.63, 3.8) is 0 Å². The smallest absolute Gasteiger partial charge is 0.356 e. The molecule has 0 radical (unpaired) electrons. The number of methoxy groups -OCH3 is 1. The van der Waals surface area contributed by atoms with Gasteiger partial charge in [0.1, 0.15) is 17.1 Å². The number of amides is 1. The van der Waals surface area contributed by atoms with Crippen molar-refractivity contribution in [1.82, 2.24) is 4.98 Å². The Morgan fingerprint density at radius 1 is 0.958 bits per heavy atom. The van der Waals surface area contributed by atoms with E-state index in [-0.39, 0.29) is 17.1 Å². The van der Waals surface area contributed by atoms with Crippen molar-refractivity contribution in [3.8, 4) is 5.75 Å². The van der Waals surface area contributed by atoms with Crippen LogP contribution in [0.3, 0.4) is 0 Å². The number of hydrogen-bond donors (Lipinski definition) is 2. The van der Waals surface area contributed by atoms with Gasteiger partial charge in [0.2, 0.25) is 0 Å². The number of ether oxygens (including phenoxy) is 1. The van der Waals surface area contributed by atoms with Gasteiger partial charge in [-0.1, -0.05) is 30.3 Å². The number of phenols is 1. The quantitative estimate of drug-likeness (QED) is 0.724. The van der Waals surface area contributed by atoms with Crippen LogP contribution in [0.2, 0.25) is 0 Å². The molecular weight excluding hydrogens is 308 g/mol. The number of carbonyl (C=O) groups is 2. The number of esters is 1. The third-order valence-corrected chi connectivity index (χ3v) is 3.52. The number of rotatable bonds is 3. The standard InChI is InChI=1S/C18H14N2O4/c1-24-18(23)15-9-4-8-14(19-15)17(22)20-13-7-2-6-12-11(13)5-3-10-16(12)21/h2-10,21H,1H3,(H,20,22). The summed E-state index contributed by atoms with van der Waals surface area (Å²) in [6.45, 7) is 0. The van der Waals surface area contributed by atoms with E-state index < -0.39 is 11.9 Å². The SMILES string of the molecule is COC(=O)c1cccc(C(=O)Nc2cccc3c(O)cccc23)n1. The van der Waals surface area contributed by atoms with Crippen LogP contribution in [0, 0.1) is 0 Å². The highest BCUT2D eigenvalue weighted by atomic mass is 16.5. The number of nitrogens with zero attached hydrogens (tertiary/aromatic N) is 1. The van der Waals surface area contributed by atoms with Crippen LogP contribution < -0.4 is 5.32 Å². The number of anilines is 1. The van der Waals surface area contributed by atoms with Crippen LogP contribution in [0.5, 0.6) is 5.75 Å². The van der Waals surface area contributed by atoms with Crippen molar-refractivity contribution in [2.45, 2.75) is 0 Å². The van der Waals surface area contributed by atoms with Crippen LogP contribution in [-0.4, -0.2) is 29.1 Å². The van der Waals surface area contributed by atoms with Crippen molar-refractivity contribution in [2.24, 2.45) is 0 Å². The van der Waals surface area contributed by atoms with E-state index in [0.29, 0.717) is 16.5 Å². The summed E-state index contributed by atoms with van der Waals surface area (Å²) in [5, 5.41) is 14.0. The first-order valence-electron chi connectivity index (χ1n) is 7.17. The lowest BCUT2D eigenvalue weighted by Gasteiger charge is -2.09. The molecule has 2 N–H and O–H groups in total. The summed E-state index contributed by atoms with van der Waals surface area (Å²) < 4.78 is 4.60. The maximum absolute atomic E-state index is 12.4. The number of carbonyl (C=O) groups excluding carboxylic acids is 2. The average molecular weight is 322 g/mol. The summed E-state index contributed by atoms with van der Waals surface area (Å²) >= 11 is 0. The maximum Gasteiger partial charge on any atom is 0.356 e. The number of aromatic hydroxyl groups is 1. The van der Waals surface area contributed by atoms with Crippen LogP contribution in [-0.2, 0) is 4.74 Å². The van der Waals surface area contributed by atoms with E-state index in [2.05, 4.69) is 15.0 Å². The molecule has 1 amide bonds. The highest BCUT2D eigenvalue weighted by Gasteiger charge is 2.14. The zero-order valence-corrected chi connectivity index (χ0v) is 12.8. The summed E-state index contributed by atoms with van der Waals surface area (Å²) in [5.74, 6) is -0.939. The summed E-state index contributed by atoms with van der Waals surface area (Å²) in [6.07, 6.45) is 0. The maximum atomic E-state index is 12.4. The van der Waals surface area contributed by atoms with E-state index in [1.807, 2.05) is 0 Å². The van der Waals surface area contributed by atoms with Gasteiger partial charge in [0.15, 0.2) is 0 Å². The van der Waals surface area contributed by atoms with Crippen molar-refractivity contribution >= 4 is 28.3 Å².